The lowest BCUT2D eigenvalue weighted by atomic mass is 9.92. The van der Waals surface area contributed by atoms with E-state index < -0.39 is 0 Å². The van der Waals surface area contributed by atoms with Gasteiger partial charge in [0.2, 0.25) is 0 Å². The van der Waals surface area contributed by atoms with Crippen molar-refractivity contribution in [2.45, 2.75) is 52.4 Å². The van der Waals surface area contributed by atoms with Crippen LogP contribution < -0.4 is 14.8 Å². The van der Waals surface area contributed by atoms with E-state index >= 15 is 0 Å². The number of nitrogens with zero attached hydrogens (tertiary/aromatic N) is 1. The number of methoxy groups -OCH3 is 1. The molecule has 0 aliphatic heterocycles. The molecule has 1 aromatic heterocycles. The fraction of sp³-hybridized carbons (Fsp3) is 0.522. The zero-order chi connectivity index (χ0) is 19.3. The summed E-state index contributed by atoms with van der Waals surface area (Å²) < 4.78 is 11.1. The van der Waals surface area contributed by atoms with E-state index in [1.54, 1.807) is 13.3 Å². The van der Waals surface area contributed by atoms with Crippen molar-refractivity contribution >= 4 is 5.82 Å². The van der Waals surface area contributed by atoms with Crippen molar-refractivity contribution in [2.24, 2.45) is 5.92 Å². The first-order valence-electron chi connectivity index (χ1n) is 10.2. The van der Waals surface area contributed by atoms with Gasteiger partial charge in [0.15, 0.2) is 0 Å². The van der Waals surface area contributed by atoms with Gasteiger partial charge in [-0.2, -0.15) is 0 Å². The Labute approximate surface area is 164 Å². The normalized spacial score (nSPS) is 11.8. The van der Waals surface area contributed by atoms with Gasteiger partial charge in [0.1, 0.15) is 17.3 Å². The van der Waals surface area contributed by atoms with E-state index in [9.17, 15) is 0 Å². The largest absolute Gasteiger partial charge is 0.497 e. The summed E-state index contributed by atoms with van der Waals surface area (Å²) in [6.45, 7) is 6.06. The maximum absolute atomic E-state index is 5.85. The maximum Gasteiger partial charge on any atom is 0.129 e. The third-order valence-corrected chi connectivity index (χ3v) is 4.85. The molecule has 0 amide bonds. The van der Waals surface area contributed by atoms with Gasteiger partial charge in [0.25, 0.3) is 0 Å². The molecule has 0 spiro atoms. The molecule has 1 unspecified atom stereocenters. The summed E-state index contributed by atoms with van der Waals surface area (Å²) >= 11 is 0. The number of rotatable bonds is 13. The number of nitrogens with one attached hydrogen (secondary N) is 1. The van der Waals surface area contributed by atoms with Crippen LogP contribution in [-0.2, 0) is 6.42 Å². The Bertz CT molecular complexity index is 643. The van der Waals surface area contributed by atoms with Crippen molar-refractivity contribution in [1.82, 2.24) is 4.98 Å². The van der Waals surface area contributed by atoms with Crippen molar-refractivity contribution in [3.63, 3.8) is 0 Å². The van der Waals surface area contributed by atoms with E-state index in [0.29, 0.717) is 6.61 Å². The van der Waals surface area contributed by atoms with Gasteiger partial charge in [-0.15, -0.1) is 0 Å². The number of pyridine rings is 1. The summed E-state index contributed by atoms with van der Waals surface area (Å²) in [5, 5.41) is 3.29. The van der Waals surface area contributed by atoms with Gasteiger partial charge in [-0.3, -0.25) is 0 Å². The van der Waals surface area contributed by atoms with E-state index in [-0.39, 0.29) is 0 Å². The Hall–Kier alpha value is -2.23. The number of ether oxygens (including phenoxy) is 2. The Morgan fingerprint density at radius 1 is 1.04 bits per heavy atom. The molecule has 1 atom stereocenters. The van der Waals surface area contributed by atoms with Crippen LogP contribution in [0.5, 0.6) is 11.5 Å². The molecule has 1 aromatic carbocycles. The summed E-state index contributed by atoms with van der Waals surface area (Å²) in [6, 6.07) is 12.3. The lowest BCUT2D eigenvalue weighted by Gasteiger charge is -2.15. The number of hydrogen-bond donors (Lipinski definition) is 1. The highest BCUT2D eigenvalue weighted by Crippen LogP contribution is 2.20. The van der Waals surface area contributed by atoms with E-state index in [2.05, 4.69) is 48.4 Å². The average Bonchev–Trinajstić information content (AvgIpc) is 2.72. The van der Waals surface area contributed by atoms with Gasteiger partial charge in [0, 0.05) is 18.8 Å². The van der Waals surface area contributed by atoms with Crippen LogP contribution in [0.2, 0.25) is 0 Å². The van der Waals surface area contributed by atoms with Crippen molar-refractivity contribution in [2.75, 3.05) is 25.6 Å². The first kappa shape index (κ1) is 21.1. The minimum atomic E-state index is 0.685. The zero-order valence-corrected chi connectivity index (χ0v) is 17.0. The number of unbranched alkanes of at least 4 members (excludes halogenated alkanes) is 1. The first-order chi connectivity index (χ1) is 13.2. The van der Waals surface area contributed by atoms with Crippen LogP contribution in [0.4, 0.5) is 5.82 Å². The fourth-order valence-corrected chi connectivity index (χ4v) is 3.11. The molecule has 0 aliphatic carbocycles. The smallest absolute Gasteiger partial charge is 0.129 e. The lowest BCUT2D eigenvalue weighted by Crippen LogP contribution is -2.08. The number of benzene rings is 1. The average molecular weight is 371 g/mol. The molecule has 0 fully saturated rings. The van der Waals surface area contributed by atoms with Crippen LogP contribution in [0.15, 0.2) is 42.6 Å². The van der Waals surface area contributed by atoms with Gasteiger partial charge in [-0.25, -0.2) is 4.98 Å². The summed E-state index contributed by atoms with van der Waals surface area (Å²) in [5.41, 5.74) is 1.41. The van der Waals surface area contributed by atoms with Crippen LogP contribution in [0.25, 0.3) is 0 Å². The van der Waals surface area contributed by atoms with E-state index in [4.69, 9.17) is 9.47 Å². The maximum atomic E-state index is 5.85. The third kappa shape index (κ3) is 7.90. The topological polar surface area (TPSA) is 43.4 Å². The van der Waals surface area contributed by atoms with Gasteiger partial charge in [-0.05, 0) is 42.5 Å². The highest BCUT2D eigenvalue weighted by atomic mass is 16.5. The second-order valence-corrected chi connectivity index (χ2v) is 6.97. The van der Waals surface area contributed by atoms with Crippen molar-refractivity contribution in [3.8, 4) is 11.5 Å². The second-order valence-electron chi connectivity index (χ2n) is 6.97. The molecule has 4 nitrogen and oxygen atoms in total. The Morgan fingerprint density at radius 2 is 1.85 bits per heavy atom. The molecule has 0 bridgehead atoms. The van der Waals surface area contributed by atoms with Gasteiger partial charge < -0.3 is 14.8 Å². The van der Waals surface area contributed by atoms with E-state index in [1.807, 2.05) is 12.1 Å². The molecule has 0 aliphatic rings. The van der Waals surface area contributed by atoms with Crippen LogP contribution in [0.3, 0.4) is 0 Å². The molecule has 2 aromatic rings. The summed E-state index contributed by atoms with van der Waals surface area (Å²) in [7, 11) is 1.66. The van der Waals surface area contributed by atoms with Crippen LogP contribution >= 0.6 is 0 Å². The van der Waals surface area contributed by atoms with Gasteiger partial charge >= 0.3 is 0 Å². The minimum absolute atomic E-state index is 0.685. The predicted molar refractivity (Wildman–Crippen MR) is 113 cm³/mol. The molecule has 1 N–H and O–H groups in total. The monoisotopic (exact) mass is 370 g/mol. The molecule has 2 rings (SSSR count). The highest BCUT2D eigenvalue weighted by Gasteiger charge is 2.07. The summed E-state index contributed by atoms with van der Waals surface area (Å²) in [6.07, 6.45) is 9.03. The lowest BCUT2D eigenvalue weighted by molar-refractivity contribution is 0.315. The van der Waals surface area contributed by atoms with Crippen molar-refractivity contribution < 1.29 is 9.47 Å². The highest BCUT2D eigenvalue weighted by molar-refractivity contribution is 5.40. The molecular weight excluding hydrogens is 336 g/mol. The fourth-order valence-electron chi connectivity index (χ4n) is 3.11. The summed E-state index contributed by atoms with van der Waals surface area (Å²) in [5.74, 6) is 3.38. The quantitative estimate of drug-likeness (QED) is 0.457. The van der Waals surface area contributed by atoms with Crippen LogP contribution in [0.1, 0.15) is 51.5 Å². The molecule has 4 heteroatoms. The van der Waals surface area contributed by atoms with Crippen molar-refractivity contribution in [1.29, 1.82) is 0 Å². The second kappa shape index (κ2) is 12.2. The number of anilines is 1. The van der Waals surface area contributed by atoms with Crippen LogP contribution in [0, 0.1) is 5.92 Å². The molecule has 27 heavy (non-hydrogen) atoms. The number of hydrogen-bond acceptors (Lipinski definition) is 4. The standard InChI is InChI=1S/C23H34N2O2/c1-4-6-8-19(5-2)17-20-9-11-21(12-10-20)27-16-7-14-24-23-18-22(26-3)13-15-25-23/h9-13,15,18-19H,4-8,14,16-17H2,1-3H3,(H,24,25). The summed E-state index contributed by atoms with van der Waals surface area (Å²) in [4.78, 5) is 4.27. The molecule has 1 heterocycles. The van der Waals surface area contributed by atoms with Gasteiger partial charge in [0.05, 0.1) is 13.7 Å². The molecular formula is C23H34N2O2. The number of aromatic nitrogens is 1. The van der Waals surface area contributed by atoms with E-state index in [1.165, 1.54) is 37.7 Å². The van der Waals surface area contributed by atoms with Crippen LogP contribution in [-0.4, -0.2) is 25.2 Å². The van der Waals surface area contributed by atoms with E-state index in [0.717, 1.165) is 36.2 Å². The zero-order valence-electron chi connectivity index (χ0n) is 17.0. The molecule has 0 saturated heterocycles. The Morgan fingerprint density at radius 3 is 2.56 bits per heavy atom. The van der Waals surface area contributed by atoms with Gasteiger partial charge in [-0.1, -0.05) is 51.7 Å². The Balaban J connectivity index is 1.67. The molecule has 148 valence electrons. The Kier molecular flexibility index (Phi) is 9.53. The third-order valence-electron chi connectivity index (χ3n) is 4.85. The molecule has 0 radical (unpaired) electrons. The SMILES string of the molecule is CCCCC(CC)Cc1ccc(OCCCNc2cc(OC)ccn2)cc1. The molecule has 0 saturated carbocycles. The first-order valence-corrected chi connectivity index (χ1v) is 10.2. The predicted octanol–water partition coefficient (Wildman–Crippen LogP) is 5.73. The minimum Gasteiger partial charge on any atom is -0.497 e. The van der Waals surface area contributed by atoms with Crippen molar-refractivity contribution in [3.05, 3.63) is 48.2 Å².